The maximum absolute atomic E-state index is 12.6. The second kappa shape index (κ2) is 7.87. The summed E-state index contributed by atoms with van der Waals surface area (Å²) < 4.78 is 5.43. The number of rotatable bonds is 5. The number of ether oxygens (including phenoxy) is 1. The van der Waals surface area contributed by atoms with Crippen LogP contribution in [-0.2, 0) is 14.3 Å². The van der Waals surface area contributed by atoms with Crippen molar-refractivity contribution in [3.05, 3.63) is 24.3 Å². The summed E-state index contributed by atoms with van der Waals surface area (Å²) in [5.74, 6) is 0.127. The zero-order valence-corrected chi connectivity index (χ0v) is 15.0. The Balaban J connectivity index is 1.74. The number of benzene rings is 1. The molecule has 25 heavy (non-hydrogen) atoms. The van der Waals surface area contributed by atoms with Crippen molar-refractivity contribution in [1.82, 2.24) is 5.32 Å². The van der Waals surface area contributed by atoms with Gasteiger partial charge in [0.1, 0.15) is 0 Å². The van der Waals surface area contributed by atoms with Gasteiger partial charge in [-0.2, -0.15) is 0 Å². The van der Waals surface area contributed by atoms with E-state index in [1.807, 2.05) is 24.3 Å². The van der Waals surface area contributed by atoms with Crippen LogP contribution in [0.25, 0.3) is 0 Å². The van der Waals surface area contributed by atoms with Gasteiger partial charge in [-0.05, 0) is 18.1 Å². The second-order valence-corrected chi connectivity index (χ2v) is 7.13. The number of carbonyl (C=O) groups is 2. The Morgan fingerprint density at radius 3 is 2.60 bits per heavy atom. The minimum atomic E-state index is -0.274. The molecular weight excluding hydrogens is 318 g/mol. The number of anilines is 2. The summed E-state index contributed by atoms with van der Waals surface area (Å²) in [5.41, 5.74) is 1.94. The van der Waals surface area contributed by atoms with Gasteiger partial charge in [0.15, 0.2) is 0 Å². The number of amides is 2. The van der Waals surface area contributed by atoms with Gasteiger partial charge in [-0.15, -0.1) is 0 Å². The van der Waals surface area contributed by atoms with Gasteiger partial charge < -0.3 is 19.9 Å². The summed E-state index contributed by atoms with van der Waals surface area (Å²) >= 11 is 0. The third-order valence-electron chi connectivity index (χ3n) is 4.70. The van der Waals surface area contributed by atoms with Crippen LogP contribution in [0, 0.1) is 11.8 Å². The van der Waals surface area contributed by atoms with Gasteiger partial charge in [0, 0.05) is 32.6 Å². The van der Waals surface area contributed by atoms with Crippen LogP contribution < -0.4 is 15.1 Å². The molecule has 0 aliphatic carbocycles. The van der Waals surface area contributed by atoms with Crippen molar-refractivity contribution in [2.75, 3.05) is 49.2 Å². The smallest absolute Gasteiger partial charge is 0.227 e. The molecule has 1 unspecified atom stereocenters. The van der Waals surface area contributed by atoms with Crippen molar-refractivity contribution >= 4 is 23.2 Å². The van der Waals surface area contributed by atoms with E-state index in [4.69, 9.17) is 4.74 Å². The molecule has 2 aliphatic heterocycles. The molecule has 1 N–H and O–H groups in total. The molecule has 136 valence electrons. The Hall–Kier alpha value is -2.08. The fourth-order valence-electron chi connectivity index (χ4n) is 3.33. The highest BCUT2D eigenvalue weighted by Crippen LogP contribution is 2.34. The first-order valence-corrected chi connectivity index (χ1v) is 9.06. The summed E-state index contributed by atoms with van der Waals surface area (Å²) in [6.07, 6.45) is 0.279. The average molecular weight is 345 g/mol. The van der Waals surface area contributed by atoms with Crippen LogP contribution in [0.15, 0.2) is 24.3 Å². The molecule has 1 aromatic rings. The summed E-state index contributed by atoms with van der Waals surface area (Å²) in [6.45, 7) is 8.24. The molecule has 6 nitrogen and oxygen atoms in total. The number of hydrogen-bond donors (Lipinski definition) is 1. The van der Waals surface area contributed by atoms with E-state index in [0.29, 0.717) is 32.2 Å². The molecular formula is C19H27N3O3. The van der Waals surface area contributed by atoms with Crippen molar-refractivity contribution in [1.29, 1.82) is 0 Å². The lowest BCUT2D eigenvalue weighted by molar-refractivity contribution is -0.126. The summed E-state index contributed by atoms with van der Waals surface area (Å²) in [5, 5.41) is 2.95. The van der Waals surface area contributed by atoms with Crippen LogP contribution in [0.4, 0.5) is 11.4 Å². The standard InChI is InChI=1S/C19H27N3O3/c1-14(2)12-20-19(24)15-11-18(23)22(13-15)17-6-4-3-5-16(17)21-7-9-25-10-8-21/h3-6,14-15H,7-13H2,1-2H3,(H,20,24). The Kier molecular flexibility index (Phi) is 5.58. The van der Waals surface area contributed by atoms with Crippen LogP contribution in [0.2, 0.25) is 0 Å². The van der Waals surface area contributed by atoms with Crippen molar-refractivity contribution in [3.63, 3.8) is 0 Å². The highest BCUT2D eigenvalue weighted by atomic mass is 16.5. The quantitative estimate of drug-likeness (QED) is 0.881. The van der Waals surface area contributed by atoms with Gasteiger partial charge in [0.25, 0.3) is 0 Å². The number of morpholine rings is 1. The lowest BCUT2D eigenvalue weighted by Crippen LogP contribution is -2.38. The first-order valence-electron chi connectivity index (χ1n) is 9.06. The number of para-hydroxylation sites is 2. The van der Waals surface area contributed by atoms with Crippen molar-refractivity contribution in [2.45, 2.75) is 20.3 Å². The minimum absolute atomic E-state index is 0.0189. The van der Waals surface area contributed by atoms with Gasteiger partial charge in [-0.25, -0.2) is 0 Å². The minimum Gasteiger partial charge on any atom is -0.378 e. The number of hydrogen-bond acceptors (Lipinski definition) is 4. The SMILES string of the molecule is CC(C)CNC(=O)C1CC(=O)N(c2ccccc2N2CCOCC2)C1. The third-order valence-corrected chi connectivity index (χ3v) is 4.70. The average Bonchev–Trinajstić information content (AvgIpc) is 3.02. The van der Waals surface area contributed by atoms with E-state index in [-0.39, 0.29) is 24.2 Å². The van der Waals surface area contributed by atoms with Crippen molar-refractivity contribution in [3.8, 4) is 0 Å². The van der Waals surface area contributed by atoms with Gasteiger partial charge in [-0.3, -0.25) is 9.59 Å². The fraction of sp³-hybridized carbons (Fsp3) is 0.579. The van der Waals surface area contributed by atoms with Crippen LogP contribution in [-0.4, -0.2) is 51.2 Å². The first kappa shape index (κ1) is 17.7. The van der Waals surface area contributed by atoms with E-state index in [1.54, 1.807) is 4.90 Å². The predicted octanol–water partition coefficient (Wildman–Crippen LogP) is 1.65. The molecule has 0 aromatic heterocycles. The Labute approximate surface area is 149 Å². The molecule has 0 bridgehead atoms. The molecule has 2 fully saturated rings. The number of nitrogens with zero attached hydrogens (tertiary/aromatic N) is 2. The van der Waals surface area contributed by atoms with E-state index in [1.165, 1.54) is 0 Å². The van der Waals surface area contributed by atoms with Gasteiger partial charge in [0.05, 0.1) is 30.5 Å². The molecule has 1 aromatic carbocycles. The largest absolute Gasteiger partial charge is 0.378 e. The zero-order valence-electron chi connectivity index (χ0n) is 15.0. The molecule has 2 saturated heterocycles. The maximum Gasteiger partial charge on any atom is 0.227 e. The molecule has 2 aliphatic rings. The van der Waals surface area contributed by atoms with Crippen molar-refractivity contribution in [2.24, 2.45) is 11.8 Å². The summed E-state index contributed by atoms with van der Waals surface area (Å²) in [4.78, 5) is 28.9. The van der Waals surface area contributed by atoms with E-state index in [2.05, 4.69) is 24.1 Å². The Bertz CT molecular complexity index is 626. The van der Waals surface area contributed by atoms with Crippen LogP contribution >= 0.6 is 0 Å². The third kappa shape index (κ3) is 4.12. The maximum atomic E-state index is 12.6. The topological polar surface area (TPSA) is 61.9 Å². The van der Waals surface area contributed by atoms with E-state index in [9.17, 15) is 9.59 Å². The molecule has 2 heterocycles. The van der Waals surface area contributed by atoms with Gasteiger partial charge in [-0.1, -0.05) is 26.0 Å². The van der Waals surface area contributed by atoms with E-state index < -0.39 is 0 Å². The Morgan fingerprint density at radius 1 is 1.24 bits per heavy atom. The Morgan fingerprint density at radius 2 is 1.92 bits per heavy atom. The molecule has 0 spiro atoms. The summed E-state index contributed by atoms with van der Waals surface area (Å²) in [6, 6.07) is 7.94. The lowest BCUT2D eigenvalue weighted by Gasteiger charge is -2.32. The lowest BCUT2D eigenvalue weighted by atomic mass is 10.1. The highest BCUT2D eigenvalue weighted by molar-refractivity contribution is 6.02. The number of carbonyl (C=O) groups excluding carboxylic acids is 2. The van der Waals surface area contributed by atoms with Gasteiger partial charge in [0.2, 0.25) is 11.8 Å². The zero-order chi connectivity index (χ0) is 17.8. The van der Waals surface area contributed by atoms with E-state index >= 15 is 0 Å². The molecule has 0 saturated carbocycles. The molecule has 0 radical (unpaired) electrons. The normalized spacial score (nSPS) is 21.1. The summed E-state index contributed by atoms with van der Waals surface area (Å²) in [7, 11) is 0. The van der Waals surface area contributed by atoms with Gasteiger partial charge >= 0.3 is 0 Å². The van der Waals surface area contributed by atoms with Crippen LogP contribution in [0.1, 0.15) is 20.3 Å². The van der Waals surface area contributed by atoms with Crippen molar-refractivity contribution < 1.29 is 14.3 Å². The highest BCUT2D eigenvalue weighted by Gasteiger charge is 2.36. The molecule has 1 atom stereocenters. The van der Waals surface area contributed by atoms with Crippen LogP contribution in [0.5, 0.6) is 0 Å². The number of nitrogens with one attached hydrogen (secondary N) is 1. The van der Waals surface area contributed by atoms with E-state index in [0.717, 1.165) is 24.5 Å². The molecule has 3 rings (SSSR count). The first-order chi connectivity index (χ1) is 12.1. The monoisotopic (exact) mass is 345 g/mol. The molecule has 6 heteroatoms. The second-order valence-electron chi connectivity index (χ2n) is 7.13. The fourth-order valence-corrected chi connectivity index (χ4v) is 3.33. The van der Waals surface area contributed by atoms with Crippen LogP contribution in [0.3, 0.4) is 0 Å². The predicted molar refractivity (Wildman–Crippen MR) is 97.8 cm³/mol. The molecule has 2 amide bonds.